The highest BCUT2D eigenvalue weighted by atomic mass is 32.1. The molecule has 1 heterocycles. The van der Waals surface area contributed by atoms with Crippen LogP contribution >= 0.6 is 11.3 Å². The Bertz CT molecular complexity index is 566. The van der Waals surface area contributed by atoms with E-state index in [4.69, 9.17) is 5.11 Å². The van der Waals surface area contributed by atoms with Gasteiger partial charge in [0.2, 0.25) is 0 Å². The molecule has 0 unspecified atom stereocenters. The number of hydrogen-bond acceptors (Lipinski definition) is 5. The van der Waals surface area contributed by atoms with E-state index in [2.05, 4.69) is 4.98 Å². The summed E-state index contributed by atoms with van der Waals surface area (Å²) in [6.07, 6.45) is 0. The molecule has 0 saturated heterocycles. The van der Waals surface area contributed by atoms with E-state index in [1.165, 1.54) is 23.5 Å². The van der Waals surface area contributed by atoms with Gasteiger partial charge in [-0.05, 0) is 12.5 Å². The lowest BCUT2D eigenvalue weighted by Gasteiger charge is -2.01. The summed E-state index contributed by atoms with van der Waals surface area (Å²) in [4.78, 5) is 14.5. The van der Waals surface area contributed by atoms with Crippen molar-refractivity contribution < 1.29 is 10.0 Å². The van der Waals surface area contributed by atoms with Gasteiger partial charge in [0.25, 0.3) is 5.69 Å². The van der Waals surface area contributed by atoms with E-state index in [9.17, 15) is 10.1 Å². The number of aliphatic hydroxyl groups excluding tert-OH is 1. The molecule has 0 atom stereocenters. The maximum atomic E-state index is 10.7. The third-order valence-electron chi connectivity index (χ3n) is 2.38. The first-order valence-corrected chi connectivity index (χ1v) is 5.80. The van der Waals surface area contributed by atoms with Crippen LogP contribution in [0.3, 0.4) is 0 Å². The third kappa shape index (κ3) is 2.32. The van der Waals surface area contributed by atoms with E-state index in [-0.39, 0.29) is 12.3 Å². The molecule has 0 fully saturated rings. The number of nitro groups is 1. The number of nitrogens with zero attached hydrogens (tertiary/aromatic N) is 2. The third-order valence-corrected chi connectivity index (χ3v) is 3.30. The largest absolute Gasteiger partial charge is 0.390 e. The van der Waals surface area contributed by atoms with Crippen LogP contribution in [-0.4, -0.2) is 15.0 Å². The van der Waals surface area contributed by atoms with Crippen molar-refractivity contribution in [3.8, 4) is 10.6 Å². The Morgan fingerprint density at radius 1 is 1.53 bits per heavy atom. The molecule has 0 radical (unpaired) electrons. The Morgan fingerprint density at radius 2 is 2.29 bits per heavy atom. The first-order valence-electron chi connectivity index (χ1n) is 4.92. The molecule has 88 valence electrons. The molecule has 0 amide bonds. The molecule has 0 bridgehead atoms. The van der Waals surface area contributed by atoms with Crippen LogP contribution in [0, 0.1) is 17.0 Å². The van der Waals surface area contributed by atoms with E-state index >= 15 is 0 Å². The van der Waals surface area contributed by atoms with Gasteiger partial charge in [0.05, 0.1) is 17.2 Å². The second kappa shape index (κ2) is 4.60. The lowest BCUT2D eigenvalue weighted by atomic mass is 10.1. The van der Waals surface area contributed by atoms with Crippen LogP contribution in [0.1, 0.15) is 11.3 Å². The Balaban J connectivity index is 2.49. The SMILES string of the molecule is Cc1ccc([N+](=O)[O-])cc1-c1nc(CO)cs1. The first-order chi connectivity index (χ1) is 8.11. The molecule has 0 aliphatic heterocycles. The van der Waals surface area contributed by atoms with Gasteiger partial charge < -0.3 is 5.11 Å². The monoisotopic (exact) mass is 250 g/mol. The number of hydrogen-bond donors (Lipinski definition) is 1. The zero-order valence-corrected chi connectivity index (χ0v) is 9.90. The number of benzene rings is 1. The molecule has 6 heteroatoms. The number of aryl methyl sites for hydroxylation is 1. The van der Waals surface area contributed by atoms with Gasteiger partial charge in [0.15, 0.2) is 0 Å². The summed E-state index contributed by atoms with van der Waals surface area (Å²) in [6, 6.07) is 4.68. The van der Waals surface area contributed by atoms with Gasteiger partial charge in [-0.25, -0.2) is 4.98 Å². The standard InChI is InChI=1S/C11H10N2O3S/c1-7-2-3-9(13(15)16)4-10(7)11-12-8(5-14)6-17-11/h2-4,6,14H,5H2,1H3. The molecular weight excluding hydrogens is 240 g/mol. The van der Waals surface area contributed by atoms with Gasteiger partial charge in [-0.1, -0.05) is 6.07 Å². The number of aliphatic hydroxyl groups is 1. The number of rotatable bonds is 3. The van der Waals surface area contributed by atoms with Crippen LogP contribution in [0.5, 0.6) is 0 Å². The van der Waals surface area contributed by atoms with E-state index in [1.54, 1.807) is 11.4 Å². The number of nitro benzene ring substituents is 1. The molecule has 17 heavy (non-hydrogen) atoms. The zero-order valence-electron chi connectivity index (χ0n) is 9.08. The summed E-state index contributed by atoms with van der Waals surface area (Å²) < 4.78 is 0. The molecule has 2 rings (SSSR count). The van der Waals surface area contributed by atoms with E-state index in [0.717, 1.165) is 11.1 Å². The molecule has 2 aromatic rings. The van der Waals surface area contributed by atoms with E-state index in [1.807, 2.05) is 6.92 Å². The second-order valence-electron chi connectivity index (χ2n) is 3.56. The van der Waals surface area contributed by atoms with Crippen LogP contribution in [0.4, 0.5) is 5.69 Å². The molecule has 0 saturated carbocycles. The summed E-state index contributed by atoms with van der Waals surface area (Å²) in [5, 5.41) is 22.1. The van der Waals surface area contributed by atoms with Crippen molar-refractivity contribution in [3.05, 3.63) is 45.0 Å². The molecule has 0 aliphatic rings. The molecule has 0 aliphatic carbocycles. The van der Waals surface area contributed by atoms with Crippen molar-refractivity contribution in [2.45, 2.75) is 13.5 Å². The fourth-order valence-corrected chi connectivity index (χ4v) is 2.35. The van der Waals surface area contributed by atoms with Gasteiger partial charge in [-0.2, -0.15) is 0 Å². The zero-order chi connectivity index (χ0) is 12.4. The topological polar surface area (TPSA) is 76.3 Å². The minimum atomic E-state index is -0.427. The van der Waals surface area contributed by atoms with Gasteiger partial charge in [0, 0.05) is 23.1 Å². The number of thiazole rings is 1. The second-order valence-corrected chi connectivity index (χ2v) is 4.42. The normalized spacial score (nSPS) is 10.5. The first kappa shape index (κ1) is 11.7. The van der Waals surface area contributed by atoms with Crippen molar-refractivity contribution in [1.29, 1.82) is 0 Å². The highest BCUT2D eigenvalue weighted by Gasteiger charge is 2.12. The Labute approximate surface area is 102 Å². The summed E-state index contributed by atoms with van der Waals surface area (Å²) in [5.41, 5.74) is 2.29. The fraction of sp³-hybridized carbons (Fsp3) is 0.182. The van der Waals surface area contributed by atoms with Crippen molar-refractivity contribution in [2.75, 3.05) is 0 Å². The van der Waals surface area contributed by atoms with Gasteiger partial charge in [-0.3, -0.25) is 10.1 Å². The Kier molecular flexibility index (Phi) is 3.16. The molecule has 0 spiro atoms. The minimum Gasteiger partial charge on any atom is -0.390 e. The van der Waals surface area contributed by atoms with Crippen molar-refractivity contribution >= 4 is 17.0 Å². The molecule has 5 nitrogen and oxygen atoms in total. The molecule has 1 aromatic carbocycles. The average Bonchev–Trinajstić information content (AvgIpc) is 2.77. The van der Waals surface area contributed by atoms with Crippen LogP contribution < -0.4 is 0 Å². The van der Waals surface area contributed by atoms with E-state index < -0.39 is 4.92 Å². The highest BCUT2D eigenvalue weighted by Crippen LogP contribution is 2.30. The summed E-state index contributed by atoms with van der Waals surface area (Å²) >= 11 is 1.37. The van der Waals surface area contributed by atoms with Crippen molar-refractivity contribution in [1.82, 2.24) is 4.98 Å². The maximum Gasteiger partial charge on any atom is 0.270 e. The molecule has 1 N–H and O–H groups in total. The number of non-ortho nitro benzene ring substituents is 1. The van der Waals surface area contributed by atoms with Crippen LogP contribution in [-0.2, 0) is 6.61 Å². The average molecular weight is 250 g/mol. The predicted octanol–water partition coefficient (Wildman–Crippen LogP) is 2.52. The quantitative estimate of drug-likeness (QED) is 0.670. The summed E-state index contributed by atoms with van der Waals surface area (Å²) in [5.74, 6) is 0. The predicted molar refractivity (Wildman–Crippen MR) is 64.9 cm³/mol. The van der Waals surface area contributed by atoms with Gasteiger partial charge >= 0.3 is 0 Å². The number of aromatic nitrogens is 1. The Hall–Kier alpha value is -1.79. The van der Waals surface area contributed by atoms with Crippen molar-refractivity contribution in [3.63, 3.8) is 0 Å². The Morgan fingerprint density at radius 3 is 2.88 bits per heavy atom. The highest BCUT2D eigenvalue weighted by molar-refractivity contribution is 7.13. The van der Waals surface area contributed by atoms with Gasteiger partial charge in [-0.15, -0.1) is 11.3 Å². The fourth-order valence-electron chi connectivity index (χ4n) is 1.46. The van der Waals surface area contributed by atoms with Crippen LogP contribution in [0.2, 0.25) is 0 Å². The van der Waals surface area contributed by atoms with Crippen LogP contribution in [0.15, 0.2) is 23.6 Å². The van der Waals surface area contributed by atoms with Crippen molar-refractivity contribution in [2.24, 2.45) is 0 Å². The molecule has 1 aromatic heterocycles. The minimum absolute atomic E-state index is 0.0475. The van der Waals surface area contributed by atoms with Crippen LogP contribution in [0.25, 0.3) is 10.6 Å². The maximum absolute atomic E-state index is 10.7. The smallest absolute Gasteiger partial charge is 0.270 e. The van der Waals surface area contributed by atoms with Gasteiger partial charge in [0.1, 0.15) is 5.01 Å². The summed E-state index contributed by atoms with van der Waals surface area (Å²) in [6.45, 7) is 1.75. The van der Waals surface area contributed by atoms with E-state index in [0.29, 0.717) is 10.7 Å². The lowest BCUT2D eigenvalue weighted by Crippen LogP contribution is -1.91. The lowest BCUT2D eigenvalue weighted by molar-refractivity contribution is -0.384. The summed E-state index contributed by atoms with van der Waals surface area (Å²) in [7, 11) is 0. The molecular formula is C11H10N2O3S.